The lowest BCUT2D eigenvalue weighted by Gasteiger charge is -2.08. The van der Waals surface area contributed by atoms with E-state index < -0.39 is 11.9 Å². The molecule has 0 spiro atoms. The number of rotatable bonds is 4. The summed E-state index contributed by atoms with van der Waals surface area (Å²) in [7, 11) is 1.59. The van der Waals surface area contributed by atoms with Crippen molar-refractivity contribution in [2.24, 2.45) is 0 Å². The first-order valence-corrected chi connectivity index (χ1v) is 6.72. The number of hydrogen-bond donors (Lipinski definition) is 1. The van der Waals surface area contributed by atoms with Crippen LogP contribution in [0.2, 0.25) is 0 Å². The Bertz CT molecular complexity index is 646. The van der Waals surface area contributed by atoms with E-state index in [0.717, 1.165) is 15.8 Å². The van der Waals surface area contributed by atoms with E-state index in [1.807, 2.05) is 18.2 Å². The Labute approximate surface area is 124 Å². The van der Waals surface area contributed by atoms with Crippen LogP contribution in [0.4, 0.5) is 0 Å². The van der Waals surface area contributed by atoms with Gasteiger partial charge in [0, 0.05) is 11.8 Å². The van der Waals surface area contributed by atoms with Crippen LogP contribution in [-0.4, -0.2) is 28.2 Å². The van der Waals surface area contributed by atoms with Gasteiger partial charge in [-0.2, -0.15) is 0 Å². The van der Waals surface area contributed by atoms with Crippen LogP contribution in [0.5, 0.6) is 5.75 Å². The Hall–Kier alpha value is -1.95. The van der Waals surface area contributed by atoms with Crippen LogP contribution in [0.15, 0.2) is 34.9 Å². The van der Waals surface area contributed by atoms with Crippen LogP contribution >= 0.6 is 15.9 Å². The monoisotopic (exact) mass is 336 g/mol. The summed E-state index contributed by atoms with van der Waals surface area (Å²) in [5, 5.41) is 9.01. The van der Waals surface area contributed by atoms with Crippen molar-refractivity contribution in [3.63, 3.8) is 0 Å². The molecule has 2 aromatic rings. The molecule has 1 heterocycles. The van der Waals surface area contributed by atoms with E-state index in [4.69, 9.17) is 9.84 Å². The molecule has 20 heavy (non-hydrogen) atoms. The fourth-order valence-electron chi connectivity index (χ4n) is 1.68. The minimum atomic E-state index is -0.946. The highest BCUT2D eigenvalue weighted by atomic mass is 79.9. The molecule has 0 fully saturated rings. The zero-order valence-corrected chi connectivity index (χ0v) is 12.6. The molecule has 0 saturated heterocycles. The number of carboxylic acids is 1. The average molecular weight is 337 g/mol. The van der Waals surface area contributed by atoms with E-state index in [1.165, 1.54) is 0 Å². The van der Waals surface area contributed by atoms with Crippen molar-refractivity contribution in [2.75, 3.05) is 7.11 Å². The molecule has 104 valence electrons. The number of ether oxygens (including phenoxy) is 1. The summed E-state index contributed by atoms with van der Waals surface area (Å²) in [6, 6.07) is 7.30. The maximum atomic E-state index is 11.0. The summed E-state index contributed by atoms with van der Waals surface area (Å²) in [6.45, 7) is 1.56. The molecular weight excluding hydrogens is 324 g/mol. The molecule has 0 aliphatic heterocycles. The summed E-state index contributed by atoms with van der Waals surface area (Å²) in [6.07, 6.45) is 1.56. The normalized spacial score (nSPS) is 11.9. The quantitative estimate of drug-likeness (QED) is 0.928. The van der Waals surface area contributed by atoms with E-state index in [2.05, 4.69) is 25.9 Å². The number of aromatic nitrogens is 2. The topological polar surface area (TPSA) is 72.3 Å². The van der Waals surface area contributed by atoms with Gasteiger partial charge in [-0.15, -0.1) is 0 Å². The van der Waals surface area contributed by atoms with Crippen LogP contribution in [0.25, 0.3) is 11.3 Å². The van der Waals surface area contributed by atoms with Crippen molar-refractivity contribution < 1.29 is 14.6 Å². The molecule has 1 N–H and O–H groups in total. The molecule has 2 rings (SSSR count). The minimum Gasteiger partial charge on any atom is -0.496 e. The van der Waals surface area contributed by atoms with Gasteiger partial charge in [-0.05, 0) is 47.1 Å². The van der Waals surface area contributed by atoms with Crippen molar-refractivity contribution in [3.05, 3.63) is 40.8 Å². The van der Waals surface area contributed by atoms with E-state index >= 15 is 0 Å². The first kappa shape index (κ1) is 14.5. The predicted octanol–water partition coefficient (Wildman–Crippen LogP) is 3.10. The summed E-state index contributed by atoms with van der Waals surface area (Å²) < 4.78 is 5.98. The van der Waals surface area contributed by atoms with Gasteiger partial charge in [0.2, 0.25) is 0 Å². The zero-order chi connectivity index (χ0) is 14.7. The third-order valence-electron chi connectivity index (χ3n) is 2.88. The van der Waals surface area contributed by atoms with E-state index in [0.29, 0.717) is 11.5 Å². The number of aliphatic carboxylic acids is 1. The second kappa shape index (κ2) is 6.00. The number of carbonyl (C=O) groups is 1. The molecule has 5 nitrogen and oxygen atoms in total. The van der Waals surface area contributed by atoms with Gasteiger partial charge in [-0.25, -0.2) is 9.97 Å². The number of nitrogens with zero attached hydrogens (tertiary/aromatic N) is 2. The molecule has 0 aliphatic carbocycles. The number of methoxy groups -OCH3 is 1. The number of hydrogen-bond acceptors (Lipinski definition) is 4. The molecule has 6 heteroatoms. The maximum absolute atomic E-state index is 11.0. The first-order chi connectivity index (χ1) is 9.52. The van der Waals surface area contributed by atoms with Crippen LogP contribution < -0.4 is 4.74 Å². The highest BCUT2D eigenvalue weighted by Gasteiger charge is 2.17. The first-order valence-electron chi connectivity index (χ1n) is 5.92. The van der Waals surface area contributed by atoms with E-state index in [1.54, 1.807) is 26.3 Å². The second-order valence-corrected chi connectivity index (χ2v) is 5.06. The Kier molecular flexibility index (Phi) is 4.34. The molecule has 1 aromatic heterocycles. The van der Waals surface area contributed by atoms with Crippen LogP contribution in [0.3, 0.4) is 0 Å². The second-order valence-electron chi connectivity index (χ2n) is 4.21. The standard InChI is InChI=1S/C14H13BrN2O3/c1-8(14(18)19)13-16-6-5-11(17-13)9-3-4-12(20-2)10(15)7-9/h3-8H,1-2H3,(H,18,19). The molecule has 0 saturated carbocycles. The lowest BCUT2D eigenvalue weighted by molar-refractivity contribution is -0.138. The number of halogens is 1. The molecule has 1 unspecified atom stereocenters. The Morgan fingerprint density at radius 3 is 2.75 bits per heavy atom. The van der Waals surface area contributed by atoms with Crippen molar-refractivity contribution in [1.29, 1.82) is 0 Å². The van der Waals surface area contributed by atoms with Crippen LogP contribution in [-0.2, 0) is 4.79 Å². The number of carboxylic acid groups (broad SMARTS) is 1. The van der Waals surface area contributed by atoms with Gasteiger partial charge in [0.05, 0.1) is 17.3 Å². The Balaban J connectivity index is 2.41. The van der Waals surface area contributed by atoms with Crippen molar-refractivity contribution >= 4 is 21.9 Å². The number of benzene rings is 1. The molecule has 1 atom stereocenters. The van der Waals surface area contributed by atoms with Gasteiger partial charge in [-0.1, -0.05) is 0 Å². The van der Waals surface area contributed by atoms with Gasteiger partial charge in [-0.3, -0.25) is 4.79 Å². The smallest absolute Gasteiger partial charge is 0.313 e. The lowest BCUT2D eigenvalue weighted by atomic mass is 10.1. The molecule has 0 bridgehead atoms. The molecule has 1 aromatic carbocycles. The summed E-state index contributed by atoms with van der Waals surface area (Å²) in [5.74, 6) is -0.668. The fourth-order valence-corrected chi connectivity index (χ4v) is 2.22. The van der Waals surface area contributed by atoms with Crippen molar-refractivity contribution in [3.8, 4) is 17.0 Å². The third-order valence-corrected chi connectivity index (χ3v) is 3.50. The minimum absolute atomic E-state index is 0.293. The van der Waals surface area contributed by atoms with Gasteiger partial charge >= 0.3 is 5.97 Å². The van der Waals surface area contributed by atoms with E-state index in [-0.39, 0.29) is 0 Å². The highest BCUT2D eigenvalue weighted by Crippen LogP contribution is 2.29. The molecule has 0 amide bonds. The molecule has 0 radical (unpaired) electrons. The van der Waals surface area contributed by atoms with Crippen LogP contribution in [0.1, 0.15) is 18.7 Å². The lowest BCUT2D eigenvalue weighted by Crippen LogP contribution is -2.11. The summed E-state index contributed by atoms with van der Waals surface area (Å²) >= 11 is 3.41. The predicted molar refractivity (Wildman–Crippen MR) is 77.8 cm³/mol. The zero-order valence-electron chi connectivity index (χ0n) is 11.0. The SMILES string of the molecule is COc1ccc(-c2ccnc(C(C)C(=O)O)n2)cc1Br. The third kappa shape index (κ3) is 2.96. The Morgan fingerprint density at radius 2 is 2.15 bits per heavy atom. The average Bonchev–Trinajstić information content (AvgIpc) is 2.46. The van der Waals surface area contributed by atoms with Crippen molar-refractivity contribution in [1.82, 2.24) is 9.97 Å². The van der Waals surface area contributed by atoms with Gasteiger partial charge in [0.1, 0.15) is 17.5 Å². The largest absolute Gasteiger partial charge is 0.496 e. The maximum Gasteiger partial charge on any atom is 0.313 e. The summed E-state index contributed by atoms with van der Waals surface area (Å²) in [5.41, 5.74) is 1.53. The summed E-state index contributed by atoms with van der Waals surface area (Å²) in [4.78, 5) is 19.3. The van der Waals surface area contributed by atoms with Crippen LogP contribution in [0, 0.1) is 0 Å². The highest BCUT2D eigenvalue weighted by molar-refractivity contribution is 9.10. The van der Waals surface area contributed by atoms with Crippen molar-refractivity contribution in [2.45, 2.75) is 12.8 Å². The van der Waals surface area contributed by atoms with Gasteiger partial charge in [0.15, 0.2) is 0 Å². The molecular formula is C14H13BrN2O3. The van der Waals surface area contributed by atoms with Gasteiger partial charge < -0.3 is 9.84 Å². The van der Waals surface area contributed by atoms with E-state index in [9.17, 15) is 4.79 Å². The fraction of sp³-hybridized carbons (Fsp3) is 0.214. The molecule has 0 aliphatic rings. The Morgan fingerprint density at radius 1 is 1.40 bits per heavy atom. The van der Waals surface area contributed by atoms with Gasteiger partial charge in [0.25, 0.3) is 0 Å².